The number of hydrogen-bond acceptors (Lipinski definition) is 2. The van der Waals surface area contributed by atoms with E-state index in [0.717, 1.165) is 22.5 Å². The topological polar surface area (TPSA) is 41.1 Å². The highest BCUT2D eigenvalue weighted by Crippen LogP contribution is 2.18. The standard InChI is InChI=1S/C19H24N2O/c1-12-6-7-15(4)18(11-12)21-19(22)16(5)20-17-9-13(2)8-14(3)10-17/h6-11,16,20H,1-5H3,(H,21,22). The van der Waals surface area contributed by atoms with Crippen LogP contribution in [0.4, 0.5) is 11.4 Å². The number of carbonyl (C=O) groups is 1. The molecule has 2 N–H and O–H groups in total. The maximum atomic E-state index is 12.4. The zero-order valence-corrected chi connectivity index (χ0v) is 13.9. The lowest BCUT2D eigenvalue weighted by Gasteiger charge is -2.17. The normalized spacial score (nSPS) is 11.9. The SMILES string of the molecule is Cc1cc(C)cc(NC(C)C(=O)Nc2cc(C)ccc2C)c1. The van der Waals surface area contributed by atoms with Gasteiger partial charge in [-0.2, -0.15) is 0 Å². The summed E-state index contributed by atoms with van der Waals surface area (Å²) in [6.45, 7) is 10.00. The van der Waals surface area contributed by atoms with Gasteiger partial charge in [-0.1, -0.05) is 18.2 Å². The number of benzene rings is 2. The minimum Gasteiger partial charge on any atom is -0.374 e. The van der Waals surface area contributed by atoms with E-state index in [9.17, 15) is 4.79 Å². The summed E-state index contributed by atoms with van der Waals surface area (Å²) in [4.78, 5) is 12.4. The first-order valence-corrected chi connectivity index (χ1v) is 7.58. The monoisotopic (exact) mass is 296 g/mol. The van der Waals surface area contributed by atoms with E-state index in [1.54, 1.807) is 0 Å². The van der Waals surface area contributed by atoms with Crippen LogP contribution in [-0.4, -0.2) is 11.9 Å². The van der Waals surface area contributed by atoms with E-state index in [1.807, 2.05) is 39.0 Å². The summed E-state index contributed by atoms with van der Waals surface area (Å²) in [6.07, 6.45) is 0. The average molecular weight is 296 g/mol. The molecule has 0 bridgehead atoms. The molecule has 2 aromatic carbocycles. The van der Waals surface area contributed by atoms with Gasteiger partial charge in [-0.25, -0.2) is 0 Å². The molecule has 0 aliphatic carbocycles. The Bertz CT molecular complexity index is 672. The maximum Gasteiger partial charge on any atom is 0.246 e. The van der Waals surface area contributed by atoms with Gasteiger partial charge in [0.2, 0.25) is 5.91 Å². The quantitative estimate of drug-likeness (QED) is 0.880. The van der Waals surface area contributed by atoms with E-state index in [0.29, 0.717) is 0 Å². The van der Waals surface area contributed by atoms with Gasteiger partial charge in [0.05, 0.1) is 0 Å². The minimum atomic E-state index is -0.305. The third-order valence-electron chi connectivity index (χ3n) is 3.65. The highest BCUT2D eigenvalue weighted by molar-refractivity contribution is 5.96. The molecule has 2 aromatic rings. The Labute approximate surface area is 132 Å². The smallest absolute Gasteiger partial charge is 0.246 e. The Morgan fingerprint density at radius 1 is 0.909 bits per heavy atom. The van der Waals surface area contributed by atoms with Crippen LogP contribution in [0.1, 0.15) is 29.2 Å². The fraction of sp³-hybridized carbons (Fsp3) is 0.316. The van der Waals surface area contributed by atoms with Crippen molar-refractivity contribution >= 4 is 17.3 Å². The van der Waals surface area contributed by atoms with Crippen molar-refractivity contribution < 1.29 is 4.79 Å². The first-order valence-electron chi connectivity index (χ1n) is 7.58. The molecule has 1 amide bonds. The lowest BCUT2D eigenvalue weighted by molar-refractivity contribution is -0.116. The van der Waals surface area contributed by atoms with Crippen LogP contribution < -0.4 is 10.6 Å². The number of hydrogen-bond donors (Lipinski definition) is 2. The summed E-state index contributed by atoms with van der Waals surface area (Å²) in [6, 6.07) is 12.0. The van der Waals surface area contributed by atoms with E-state index in [4.69, 9.17) is 0 Å². The Hall–Kier alpha value is -2.29. The largest absolute Gasteiger partial charge is 0.374 e. The summed E-state index contributed by atoms with van der Waals surface area (Å²) in [5.74, 6) is -0.0344. The molecule has 116 valence electrons. The second kappa shape index (κ2) is 6.65. The van der Waals surface area contributed by atoms with Crippen molar-refractivity contribution in [2.75, 3.05) is 10.6 Å². The lowest BCUT2D eigenvalue weighted by Crippen LogP contribution is -2.32. The van der Waals surface area contributed by atoms with E-state index in [1.165, 1.54) is 11.1 Å². The minimum absolute atomic E-state index is 0.0344. The Balaban J connectivity index is 2.07. The first kappa shape index (κ1) is 16.1. The third-order valence-corrected chi connectivity index (χ3v) is 3.65. The molecule has 3 nitrogen and oxygen atoms in total. The second-order valence-corrected chi connectivity index (χ2v) is 6.05. The average Bonchev–Trinajstić information content (AvgIpc) is 2.41. The van der Waals surface area contributed by atoms with Crippen molar-refractivity contribution in [1.82, 2.24) is 0 Å². The van der Waals surface area contributed by atoms with E-state index < -0.39 is 0 Å². The van der Waals surface area contributed by atoms with Crippen LogP contribution in [0, 0.1) is 27.7 Å². The molecular formula is C19H24N2O. The zero-order valence-electron chi connectivity index (χ0n) is 13.9. The molecule has 0 heterocycles. The van der Waals surface area contributed by atoms with Crippen LogP contribution in [-0.2, 0) is 4.79 Å². The molecule has 0 saturated heterocycles. The van der Waals surface area contributed by atoms with Crippen LogP contribution in [0.3, 0.4) is 0 Å². The molecule has 0 spiro atoms. The third kappa shape index (κ3) is 4.10. The van der Waals surface area contributed by atoms with Crippen molar-refractivity contribution in [3.05, 3.63) is 58.7 Å². The van der Waals surface area contributed by atoms with Crippen LogP contribution in [0.5, 0.6) is 0 Å². The number of amides is 1. The van der Waals surface area contributed by atoms with Gasteiger partial charge in [0.1, 0.15) is 6.04 Å². The fourth-order valence-corrected chi connectivity index (χ4v) is 2.49. The summed E-state index contributed by atoms with van der Waals surface area (Å²) in [5.41, 5.74) is 6.42. The van der Waals surface area contributed by atoms with Crippen molar-refractivity contribution in [3.8, 4) is 0 Å². The van der Waals surface area contributed by atoms with Crippen molar-refractivity contribution in [3.63, 3.8) is 0 Å². The number of nitrogens with one attached hydrogen (secondary N) is 2. The Morgan fingerprint density at radius 3 is 2.18 bits per heavy atom. The molecule has 22 heavy (non-hydrogen) atoms. The molecule has 1 unspecified atom stereocenters. The van der Waals surface area contributed by atoms with E-state index in [-0.39, 0.29) is 11.9 Å². The van der Waals surface area contributed by atoms with Crippen LogP contribution in [0.2, 0.25) is 0 Å². The van der Waals surface area contributed by atoms with Crippen LogP contribution in [0.25, 0.3) is 0 Å². The number of aryl methyl sites for hydroxylation is 4. The second-order valence-electron chi connectivity index (χ2n) is 6.05. The van der Waals surface area contributed by atoms with Gasteiger partial charge in [0.25, 0.3) is 0 Å². The lowest BCUT2D eigenvalue weighted by atomic mass is 10.1. The van der Waals surface area contributed by atoms with Crippen molar-refractivity contribution in [2.24, 2.45) is 0 Å². The molecule has 0 fully saturated rings. The summed E-state index contributed by atoms with van der Waals surface area (Å²) in [7, 11) is 0. The van der Waals surface area contributed by atoms with Crippen LogP contribution >= 0.6 is 0 Å². The summed E-state index contributed by atoms with van der Waals surface area (Å²) < 4.78 is 0. The molecule has 3 heteroatoms. The summed E-state index contributed by atoms with van der Waals surface area (Å²) in [5, 5.41) is 6.26. The molecular weight excluding hydrogens is 272 g/mol. The van der Waals surface area contributed by atoms with Gasteiger partial charge >= 0.3 is 0 Å². The molecule has 1 atom stereocenters. The fourth-order valence-electron chi connectivity index (χ4n) is 2.49. The summed E-state index contributed by atoms with van der Waals surface area (Å²) >= 11 is 0. The van der Waals surface area contributed by atoms with Gasteiger partial charge in [-0.3, -0.25) is 4.79 Å². The highest BCUT2D eigenvalue weighted by atomic mass is 16.2. The molecule has 2 rings (SSSR count). The van der Waals surface area contributed by atoms with Gasteiger partial charge in [-0.15, -0.1) is 0 Å². The molecule has 0 aliphatic heterocycles. The zero-order chi connectivity index (χ0) is 16.3. The molecule has 0 saturated carbocycles. The van der Waals surface area contributed by atoms with Gasteiger partial charge < -0.3 is 10.6 Å². The first-order chi connectivity index (χ1) is 10.3. The van der Waals surface area contributed by atoms with Gasteiger partial charge in [0, 0.05) is 11.4 Å². The van der Waals surface area contributed by atoms with Gasteiger partial charge in [0.15, 0.2) is 0 Å². The highest BCUT2D eigenvalue weighted by Gasteiger charge is 2.14. The van der Waals surface area contributed by atoms with Crippen molar-refractivity contribution in [2.45, 2.75) is 40.7 Å². The predicted molar refractivity (Wildman–Crippen MR) is 93.5 cm³/mol. The Kier molecular flexibility index (Phi) is 4.86. The maximum absolute atomic E-state index is 12.4. The van der Waals surface area contributed by atoms with Crippen molar-refractivity contribution in [1.29, 1.82) is 0 Å². The number of carbonyl (C=O) groups excluding carboxylic acids is 1. The predicted octanol–water partition coefficient (Wildman–Crippen LogP) is 4.36. The molecule has 0 aliphatic rings. The van der Waals surface area contributed by atoms with Crippen LogP contribution in [0.15, 0.2) is 36.4 Å². The molecule has 0 radical (unpaired) electrons. The molecule has 0 aromatic heterocycles. The number of anilines is 2. The van der Waals surface area contributed by atoms with Gasteiger partial charge in [-0.05, 0) is 75.1 Å². The Morgan fingerprint density at radius 2 is 1.55 bits per heavy atom. The van der Waals surface area contributed by atoms with E-state index in [2.05, 4.69) is 42.7 Å². The number of rotatable bonds is 4. The van der Waals surface area contributed by atoms with E-state index >= 15 is 0 Å².